The van der Waals surface area contributed by atoms with Gasteiger partial charge in [-0.1, -0.05) is 19.8 Å². The van der Waals surface area contributed by atoms with Crippen LogP contribution in [0.25, 0.3) is 0 Å². The van der Waals surface area contributed by atoms with Gasteiger partial charge in [-0.2, -0.15) is 0 Å². The summed E-state index contributed by atoms with van der Waals surface area (Å²) in [6, 6.07) is 5.46. The van der Waals surface area contributed by atoms with Crippen LogP contribution in [-0.4, -0.2) is 12.4 Å². The van der Waals surface area contributed by atoms with Crippen LogP contribution in [0.1, 0.15) is 62.2 Å². The minimum absolute atomic E-state index is 0.192. The molecule has 3 nitrogen and oxygen atoms in total. The van der Waals surface area contributed by atoms with Crippen molar-refractivity contribution in [3.8, 4) is 5.75 Å². The minimum Gasteiger partial charge on any atom is -0.493 e. The van der Waals surface area contributed by atoms with Crippen LogP contribution < -0.4 is 10.5 Å². The highest BCUT2D eigenvalue weighted by Gasteiger charge is 2.25. The maximum atomic E-state index is 12.7. The van der Waals surface area contributed by atoms with Crippen molar-refractivity contribution in [2.75, 3.05) is 12.3 Å². The van der Waals surface area contributed by atoms with Crippen LogP contribution in [0.5, 0.6) is 5.75 Å². The van der Waals surface area contributed by atoms with E-state index in [9.17, 15) is 4.79 Å². The molecule has 22 heavy (non-hydrogen) atoms. The molecule has 0 bridgehead atoms. The molecule has 2 fully saturated rings. The summed E-state index contributed by atoms with van der Waals surface area (Å²) in [6.45, 7) is 3.03. The van der Waals surface area contributed by atoms with Crippen LogP contribution in [0.2, 0.25) is 0 Å². The van der Waals surface area contributed by atoms with Crippen molar-refractivity contribution < 1.29 is 9.53 Å². The van der Waals surface area contributed by atoms with Gasteiger partial charge >= 0.3 is 0 Å². The second kappa shape index (κ2) is 6.72. The number of rotatable bonds is 6. The molecule has 2 N–H and O–H groups in total. The first-order valence-corrected chi connectivity index (χ1v) is 8.67. The third kappa shape index (κ3) is 4.02. The van der Waals surface area contributed by atoms with Gasteiger partial charge < -0.3 is 10.5 Å². The molecule has 0 aromatic heterocycles. The Balaban J connectivity index is 1.65. The number of benzene rings is 1. The summed E-state index contributed by atoms with van der Waals surface area (Å²) < 4.78 is 5.87. The first kappa shape index (κ1) is 15.4. The van der Waals surface area contributed by atoms with Gasteiger partial charge in [-0.05, 0) is 61.6 Å². The average molecular weight is 301 g/mol. The van der Waals surface area contributed by atoms with Gasteiger partial charge in [0.05, 0.1) is 12.2 Å². The molecule has 3 rings (SSSR count). The second-order valence-corrected chi connectivity index (χ2v) is 7.26. The summed E-state index contributed by atoms with van der Waals surface area (Å²) >= 11 is 0. The maximum Gasteiger partial charge on any atom is 0.166 e. The van der Waals surface area contributed by atoms with E-state index in [1.54, 1.807) is 6.07 Å². The Morgan fingerprint density at radius 2 is 1.82 bits per heavy atom. The summed E-state index contributed by atoms with van der Waals surface area (Å²) in [5.41, 5.74) is 7.20. The number of carbonyl (C=O) groups is 1. The third-order valence-corrected chi connectivity index (χ3v) is 5.08. The molecule has 2 saturated carbocycles. The number of Topliss-reactive ketones (excluding diaryl/α,β-unsaturated/α-hetero) is 1. The van der Waals surface area contributed by atoms with Crippen LogP contribution in [0, 0.1) is 17.8 Å². The van der Waals surface area contributed by atoms with Crippen LogP contribution in [0.15, 0.2) is 18.2 Å². The first-order chi connectivity index (χ1) is 10.6. The SMILES string of the molecule is CC1CCC(CC(=O)c2cc(N)ccc2OCC2CC2)CC1. The predicted octanol–water partition coefficient (Wildman–Crippen LogP) is 4.46. The molecule has 0 heterocycles. The Hall–Kier alpha value is -1.51. The van der Waals surface area contributed by atoms with E-state index >= 15 is 0 Å². The Kier molecular flexibility index (Phi) is 4.70. The standard InChI is InChI=1S/C19H27NO2/c1-13-2-4-14(5-3-13)10-18(21)17-11-16(20)8-9-19(17)22-12-15-6-7-15/h8-9,11,13-15H,2-7,10,12,20H2,1H3. The zero-order chi connectivity index (χ0) is 15.5. The highest BCUT2D eigenvalue weighted by molar-refractivity contribution is 5.99. The molecule has 0 saturated heterocycles. The molecule has 0 radical (unpaired) electrons. The lowest BCUT2D eigenvalue weighted by Crippen LogP contribution is -2.17. The number of nitrogens with two attached hydrogens (primary N) is 1. The van der Waals surface area contributed by atoms with Crippen molar-refractivity contribution in [2.24, 2.45) is 17.8 Å². The van der Waals surface area contributed by atoms with Crippen molar-refractivity contribution in [3.63, 3.8) is 0 Å². The maximum absolute atomic E-state index is 12.7. The second-order valence-electron chi connectivity index (χ2n) is 7.26. The Morgan fingerprint density at radius 3 is 2.50 bits per heavy atom. The zero-order valence-electron chi connectivity index (χ0n) is 13.5. The first-order valence-electron chi connectivity index (χ1n) is 8.67. The molecule has 3 heteroatoms. The Bertz CT molecular complexity index is 528. The molecular weight excluding hydrogens is 274 g/mol. The molecule has 0 spiro atoms. The van der Waals surface area contributed by atoms with Gasteiger partial charge in [0.25, 0.3) is 0 Å². The molecular formula is C19H27NO2. The van der Waals surface area contributed by atoms with Crippen LogP contribution in [-0.2, 0) is 0 Å². The molecule has 1 aromatic rings. The van der Waals surface area contributed by atoms with Crippen molar-refractivity contribution >= 4 is 11.5 Å². The third-order valence-electron chi connectivity index (χ3n) is 5.08. The van der Waals surface area contributed by atoms with Crippen LogP contribution in [0.3, 0.4) is 0 Å². The smallest absolute Gasteiger partial charge is 0.166 e. The number of carbonyl (C=O) groups excluding carboxylic acids is 1. The van der Waals surface area contributed by atoms with E-state index in [-0.39, 0.29) is 5.78 Å². The fourth-order valence-corrected chi connectivity index (χ4v) is 3.29. The molecule has 0 atom stereocenters. The molecule has 120 valence electrons. The highest BCUT2D eigenvalue weighted by Crippen LogP contribution is 2.34. The van der Waals surface area contributed by atoms with Crippen LogP contribution in [0.4, 0.5) is 5.69 Å². The lowest BCUT2D eigenvalue weighted by atomic mass is 9.80. The number of ether oxygens (including phenoxy) is 1. The normalized spacial score (nSPS) is 25.0. The number of ketones is 1. The predicted molar refractivity (Wildman–Crippen MR) is 89.1 cm³/mol. The molecule has 0 amide bonds. The van der Waals surface area contributed by atoms with E-state index in [4.69, 9.17) is 10.5 Å². The molecule has 2 aliphatic rings. The van der Waals surface area contributed by atoms with Gasteiger partial charge in [-0.3, -0.25) is 4.79 Å². The fraction of sp³-hybridized carbons (Fsp3) is 0.632. The Labute approximate surface area is 133 Å². The van der Waals surface area contributed by atoms with Crippen molar-refractivity contribution in [1.29, 1.82) is 0 Å². The quantitative estimate of drug-likeness (QED) is 0.623. The number of hydrogen-bond donors (Lipinski definition) is 1. The van der Waals surface area contributed by atoms with Gasteiger partial charge in [0.2, 0.25) is 0 Å². The lowest BCUT2D eigenvalue weighted by molar-refractivity contribution is 0.0940. The molecule has 0 unspecified atom stereocenters. The summed E-state index contributed by atoms with van der Waals surface area (Å²) in [5.74, 6) is 2.94. The van der Waals surface area contributed by atoms with Crippen molar-refractivity contribution in [2.45, 2.75) is 51.9 Å². The van der Waals surface area contributed by atoms with E-state index < -0.39 is 0 Å². The van der Waals surface area contributed by atoms with Gasteiger partial charge in [0, 0.05) is 12.1 Å². The number of anilines is 1. The highest BCUT2D eigenvalue weighted by atomic mass is 16.5. The van der Waals surface area contributed by atoms with E-state index in [0.29, 0.717) is 29.5 Å². The molecule has 0 aliphatic heterocycles. The Morgan fingerprint density at radius 1 is 1.14 bits per heavy atom. The summed E-state index contributed by atoms with van der Waals surface area (Å²) in [7, 11) is 0. The monoisotopic (exact) mass is 301 g/mol. The van der Waals surface area contributed by atoms with Gasteiger partial charge in [-0.25, -0.2) is 0 Å². The van der Waals surface area contributed by atoms with E-state index in [2.05, 4.69) is 6.92 Å². The summed E-state index contributed by atoms with van der Waals surface area (Å²) in [4.78, 5) is 12.7. The zero-order valence-corrected chi connectivity index (χ0v) is 13.5. The molecule has 1 aromatic carbocycles. The van der Waals surface area contributed by atoms with Gasteiger partial charge in [0.1, 0.15) is 5.75 Å². The lowest BCUT2D eigenvalue weighted by Gasteiger charge is -2.25. The summed E-state index contributed by atoms with van der Waals surface area (Å²) in [6.07, 6.45) is 7.98. The molecule has 2 aliphatic carbocycles. The van der Waals surface area contributed by atoms with E-state index in [1.165, 1.54) is 38.5 Å². The van der Waals surface area contributed by atoms with E-state index in [0.717, 1.165) is 18.3 Å². The topological polar surface area (TPSA) is 52.3 Å². The summed E-state index contributed by atoms with van der Waals surface area (Å²) in [5, 5.41) is 0. The number of nitrogen functional groups attached to an aromatic ring is 1. The largest absolute Gasteiger partial charge is 0.493 e. The van der Waals surface area contributed by atoms with Gasteiger partial charge in [0.15, 0.2) is 5.78 Å². The van der Waals surface area contributed by atoms with Crippen molar-refractivity contribution in [1.82, 2.24) is 0 Å². The van der Waals surface area contributed by atoms with E-state index in [1.807, 2.05) is 12.1 Å². The number of hydrogen-bond acceptors (Lipinski definition) is 3. The van der Waals surface area contributed by atoms with Crippen molar-refractivity contribution in [3.05, 3.63) is 23.8 Å². The van der Waals surface area contributed by atoms with Crippen LogP contribution >= 0.6 is 0 Å². The fourth-order valence-electron chi connectivity index (χ4n) is 3.29. The van der Waals surface area contributed by atoms with Gasteiger partial charge in [-0.15, -0.1) is 0 Å². The average Bonchev–Trinajstić information content (AvgIpc) is 3.32. The minimum atomic E-state index is 0.192.